The van der Waals surface area contributed by atoms with E-state index in [1.807, 2.05) is 69.3 Å². The van der Waals surface area contributed by atoms with Crippen LogP contribution in [-0.2, 0) is 11.3 Å². The Hall–Kier alpha value is -3.67. The minimum Gasteiger partial charge on any atom is -0.489 e. The van der Waals surface area contributed by atoms with Gasteiger partial charge in [-0.15, -0.1) is 0 Å². The summed E-state index contributed by atoms with van der Waals surface area (Å²) < 4.78 is 24.9. The summed E-state index contributed by atoms with van der Waals surface area (Å²) in [5.74, 6) is -0.386. The number of carbonyl (C=O) groups is 1. The van der Waals surface area contributed by atoms with Gasteiger partial charge in [0.15, 0.2) is 0 Å². The summed E-state index contributed by atoms with van der Waals surface area (Å²) in [6.07, 6.45) is 1.39. The van der Waals surface area contributed by atoms with Gasteiger partial charge in [-0.05, 0) is 50.6 Å². The molecule has 0 saturated heterocycles. The van der Waals surface area contributed by atoms with Gasteiger partial charge in [-0.2, -0.15) is 4.39 Å². The number of carbonyl (C=O) groups excluding carboxylic acids is 1. The zero-order valence-corrected chi connectivity index (χ0v) is 17.6. The van der Waals surface area contributed by atoms with Gasteiger partial charge in [-0.1, -0.05) is 30.3 Å². The summed E-state index contributed by atoms with van der Waals surface area (Å²) in [6.45, 7) is 5.87. The van der Waals surface area contributed by atoms with Gasteiger partial charge >= 0.3 is 5.97 Å². The molecule has 0 fully saturated rings. The number of hydrogen-bond acceptors (Lipinski definition) is 4. The molecule has 0 aliphatic heterocycles. The molecule has 0 unspecified atom stereocenters. The van der Waals surface area contributed by atoms with E-state index >= 15 is 0 Å². The highest BCUT2D eigenvalue weighted by molar-refractivity contribution is 6.10. The number of nitrogens with zero attached hydrogens (tertiary/aromatic N) is 1. The molecular weight excluding hydrogens is 395 g/mol. The van der Waals surface area contributed by atoms with Gasteiger partial charge in [0.2, 0.25) is 5.95 Å². The third-order valence-electron chi connectivity index (χ3n) is 4.64. The van der Waals surface area contributed by atoms with Crippen molar-refractivity contribution < 1.29 is 18.7 Å². The average molecular weight is 418 g/mol. The summed E-state index contributed by atoms with van der Waals surface area (Å²) in [5.41, 5.74) is 2.61. The van der Waals surface area contributed by atoms with Crippen LogP contribution in [0.25, 0.3) is 22.2 Å². The number of esters is 1. The molecule has 2 aromatic heterocycles. The fourth-order valence-corrected chi connectivity index (χ4v) is 3.29. The Morgan fingerprint density at radius 1 is 1.06 bits per heavy atom. The Labute approximate surface area is 179 Å². The van der Waals surface area contributed by atoms with Crippen LogP contribution in [0.4, 0.5) is 4.39 Å². The molecule has 0 bridgehead atoms. The van der Waals surface area contributed by atoms with Crippen molar-refractivity contribution in [1.82, 2.24) is 9.97 Å². The summed E-state index contributed by atoms with van der Waals surface area (Å²) >= 11 is 0. The van der Waals surface area contributed by atoms with E-state index in [4.69, 9.17) is 9.47 Å². The summed E-state index contributed by atoms with van der Waals surface area (Å²) in [7, 11) is 0. The van der Waals surface area contributed by atoms with Crippen molar-refractivity contribution in [3.8, 4) is 17.0 Å². The predicted octanol–water partition coefficient (Wildman–Crippen LogP) is 5.90. The van der Waals surface area contributed by atoms with Gasteiger partial charge in [0.25, 0.3) is 0 Å². The van der Waals surface area contributed by atoms with E-state index in [9.17, 15) is 9.18 Å². The molecule has 2 aromatic carbocycles. The third kappa shape index (κ3) is 4.74. The number of aromatic amines is 1. The molecule has 4 rings (SSSR count). The van der Waals surface area contributed by atoms with Crippen LogP contribution in [0.3, 0.4) is 0 Å². The molecule has 6 heteroatoms. The molecule has 0 aliphatic rings. The van der Waals surface area contributed by atoms with Crippen LogP contribution in [0.5, 0.6) is 5.75 Å². The van der Waals surface area contributed by atoms with Gasteiger partial charge in [0.05, 0.1) is 16.8 Å². The monoisotopic (exact) mass is 418 g/mol. The van der Waals surface area contributed by atoms with Crippen LogP contribution in [0.2, 0.25) is 0 Å². The Balaban J connectivity index is 1.74. The standard InChI is InChI=1S/C25H23FN2O3/c1-25(2,3)31-24(29)22-19-11-10-18(30-15-16-7-5-4-6-8-16)13-20(19)28-23(22)17-9-12-21(26)27-14-17/h4-14,28H,15H2,1-3H3. The molecule has 2 heterocycles. The second kappa shape index (κ2) is 8.22. The topological polar surface area (TPSA) is 64.2 Å². The zero-order valence-electron chi connectivity index (χ0n) is 17.6. The molecule has 158 valence electrons. The largest absolute Gasteiger partial charge is 0.489 e. The van der Waals surface area contributed by atoms with E-state index in [1.54, 1.807) is 6.07 Å². The molecule has 0 saturated carbocycles. The van der Waals surface area contributed by atoms with E-state index in [1.165, 1.54) is 12.3 Å². The molecule has 31 heavy (non-hydrogen) atoms. The van der Waals surface area contributed by atoms with Crippen LogP contribution in [0.15, 0.2) is 66.9 Å². The van der Waals surface area contributed by atoms with Crippen molar-refractivity contribution in [3.05, 3.63) is 83.9 Å². The highest BCUT2D eigenvalue weighted by atomic mass is 19.1. The molecule has 0 spiro atoms. The maximum atomic E-state index is 13.3. The van der Waals surface area contributed by atoms with Crippen molar-refractivity contribution in [3.63, 3.8) is 0 Å². The van der Waals surface area contributed by atoms with E-state index < -0.39 is 17.5 Å². The molecular formula is C25H23FN2O3. The first-order chi connectivity index (χ1) is 14.8. The van der Waals surface area contributed by atoms with Gasteiger partial charge in [0, 0.05) is 23.2 Å². The lowest BCUT2D eigenvalue weighted by Gasteiger charge is -2.19. The van der Waals surface area contributed by atoms with Crippen molar-refractivity contribution in [2.75, 3.05) is 0 Å². The van der Waals surface area contributed by atoms with E-state index in [-0.39, 0.29) is 0 Å². The molecule has 5 nitrogen and oxygen atoms in total. The lowest BCUT2D eigenvalue weighted by atomic mass is 10.1. The number of pyridine rings is 1. The van der Waals surface area contributed by atoms with E-state index in [0.29, 0.717) is 40.1 Å². The number of halogens is 1. The van der Waals surface area contributed by atoms with Crippen LogP contribution in [-0.4, -0.2) is 21.5 Å². The van der Waals surface area contributed by atoms with Gasteiger partial charge in [-0.3, -0.25) is 0 Å². The minimum atomic E-state index is -0.655. The number of ether oxygens (including phenoxy) is 2. The molecule has 0 amide bonds. The van der Waals surface area contributed by atoms with E-state index in [2.05, 4.69) is 9.97 Å². The maximum absolute atomic E-state index is 13.3. The number of nitrogens with one attached hydrogen (secondary N) is 1. The fourth-order valence-electron chi connectivity index (χ4n) is 3.29. The Morgan fingerprint density at radius 2 is 1.84 bits per heavy atom. The number of fused-ring (bicyclic) bond motifs is 1. The molecule has 0 radical (unpaired) electrons. The molecule has 0 atom stereocenters. The Kier molecular flexibility index (Phi) is 5.46. The van der Waals surface area contributed by atoms with Gasteiger partial charge in [0.1, 0.15) is 18.0 Å². The number of aromatic nitrogens is 2. The lowest BCUT2D eigenvalue weighted by Crippen LogP contribution is -2.24. The normalized spacial score (nSPS) is 11.5. The molecule has 4 aromatic rings. The van der Waals surface area contributed by atoms with Crippen molar-refractivity contribution in [2.24, 2.45) is 0 Å². The first-order valence-electron chi connectivity index (χ1n) is 9.98. The van der Waals surface area contributed by atoms with Crippen LogP contribution >= 0.6 is 0 Å². The second-order valence-electron chi connectivity index (χ2n) is 8.23. The quantitative estimate of drug-likeness (QED) is 0.324. The van der Waals surface area contributed by atoms with Crippen LogP contribution in [0, 0.1) is 5.95 Å². The summed E-state index contributed by atoms with van der Waals surface area (Å²) in [4.78, 5) is 20.0. The smallest absolute Gasteiger partial charge is 0.341 e. The number of benzene rings is 2. The zero-order chi connectivity index (χ0) is 22.0. The molecule has 1 N–H and O–H groups in total. The van der Waals surface area contributed by atoms with Crippen molar-refractivity contribution in [1.29, 1.82) is 0 Å². The second-order valence-corrected chi connectivity index (χ2v) is 8.23. The van der Waals surface area contributed by atoms with Crippen molar-refractivity contribution in [2.45, 2.75) is 33.0 Å². The minimum absolute atomic E-state index is 0.382. The summed E-state index contributed by atoms with van der Waals surface area (Å²) in [5, 5.41) is 0.695. The first-order valence-corrected chi connectivity index (χ1v) is 9.98. The Morgan fingerprint density at radius 3 is 2.52 bits per heavy atom. The van der Waals surface area contributed by atoms with Crippen molar-refractivity contribution >= 4 is 16.9 Å². The van der Waals surface area contributed by atoms with Crippen LogP contribution in [0.1, 0.15) is 36.7 Å². The number of rotatable bonds is 5. The fraction of sp³-hybridized carbons (Fsp3) is 0.200. The highest BCUT2D eigenvalue weighted by Crippen LogP contribution is 2.33. The average Bonchev–Trinajstić information content (AvgIpc) is 3.11. The third-order valence-corrected chi connectivity index (χ3v) is 4.64. The first kappa shape index (κ1) is 20.6. The SMILES string of the molecule is CC(C)(C)OC(=O)c1c(-c2ccc(F)nc2)[nH]c2cc(OCc3ccccc3)ccc12. The molecule has 0 aliphatic carbocycles. The number of hydrogen-bond donors (Lipinski definition) is 1. The van der Waals surface area contributed by atoms with E-state index in [0.717, 1.165) is 5.56 Å². The van der Waals surface area contributed by atoms with Crippen LogP contribution < -0.4 is 4.74 Å². The lowest BCUT2D eigenvalue weighted by molar-refractivity contribution is 0.00728. The number of H-pyrrole nitrogens is 1. The van der Waals surface area contributed by atoms with Gasteiger partial charge < -0.3 is 14.5 Å². The predicted molar refractivity (Wildman–Crippen MR) is 117 cm³/mol. The highest BCUT2D eigenvalue weighted by Gasteiger charge is 2.25. The van der Waals surface area contributed by atoms with Gasteiger partial charge in [-0.25, -0.2) is 9.78 Å². The summed E-state index contributed by atoms with van der Waals surface area (Å²) in [6, 6.07) is 18.2. The Bertz CT molecular complexity index is 1210. The maximum Gasteiger partial charge on any atom is 0.341 e.